The summed E-state index contributed by atoms with van der Waals surface area (Å²) in [5.41, 5.74) is 0.940. The minimum absolute atomic E-state index is 0.118. The summed E-state index contributed by atoms with van der Waals surface area (Å²) < 4.78 is 0.862. The van der Waals surface area contributed by atoms with Crippen LogP contribution < -0.4 is 4.90 Å². The minimum Gasteiger partial charge on any atom is -0.349 e. The number of hydrogen-bond donors (Lipinski definition) is 0. The first-order valence-corrected chi connectivity index (χ1v) is 6.27. The van der Waals surface area contributed by atoms with Crippen molar-refractivity contribution in [1.29, 1.82) is 0 Å². The van der Waals surface area contributed by atoms with Crippen molar-refractivity contribution < 1.29 is 4.92 Å². The van der Waals surface area contributed by atoms with Crippen molar-refractivity contribution in [2.45, 2.75) is 13.8 Å². The van der Waals surface area contributed by atoms with Gasteiger partial charge in [0.15, 0.2) is 5.13 Å². The highest BCUT2D eigenvalue weighted by Crippen LogP contribution is 2.31. The molecule has 0 spiro atoms. The first kappa shape index (κ1) is 11.8. The minimum atomic E-state index is -0.379. The lowest BCUT2D eigenvalue weighted by atomic mass is 10.3. The van der Waals surface area contributed by atoms with Gasteiger partial charge >= 0.3 is 0 Å². The molecule has 17 heavy (non-hydrogen) atoms. The van der Waals surface area contributed by atoms with E-state index >= 15 is 0 Å². The quantitative estimate of drug-likeness (QED) is 0.619. The highest BCUT2D eigenvalue weighted by molar-refractivity contribution is 7.22. The van der Waals surface area contributed by atoms with E-state index in [4.69, 9.17) is 0 Å². The summed E-state index contributed by atoms with van der Waals surface area (Å²) in [5.74, 6) is 0. The number of nitro groups is 1. The summed E-state index contributed by atoms with van der Waals surface area (Å²) in [6.07, 6.45) is 0. The maximum atomic E-state index is 10.7. The number of anilines is 1. The number of rotatable bonds is 4. The van der Waals surface area contributed by atoms with E-state index in [1.54, 1.807) is 12.1 Å². The van der Waals surface area contributed by atoms with Crippen LogP contribution >= 0.6 is 11.3 Å². The van der Waals surface area contributed by atoms with Crippen LogP contribution in [0.3, 0.4) is 0 Å². The Kier molecular flexibility index (Phi) is 3.23. The summed E-state index contributed by atoms with van der Waals surface area (Å²) in [6.45, 7) is 5.91. The Morgan fingerprint density at radius 1 is 1.41 bits per heavy atom. The van der Waals surface area contributed by atoms with Gasteiger partial charge < -0.3 is 4.90 Å². The molecular weight excluding hydrogens is 238 g/mol. The maximum absolute atomic E-state index is 10.7. The van der Waals surface area contributed by atoms with Crippen LogP contribution in [-0.2, 0) is 0 Å². The van der Waals surface area contributed by atoms with Gasteiger partial charge in [0, 0.05) is 25.2 Å². The number of benzene rings is 1. The Balaban J connectivity index is 2.46. The molecule has 0 bridgehead atoms. The molecular formula is C11H13N3O2S. The fourth-order valence-corrected chi connectivity index (χ4v) is 2.77. The predicted octanol–water partition coefficient (Wildman–Crippen LogP) is 3.05. The molecule has 1 heterocycles. The van der Waals surface area contributed by atoms with Crippen molar-refractivity contribution in [2.75, 3.05) is 18.0 Å². The average molecular weight is 251 g/mol. The normalized spacial score (nSPS) is 10.7. The molecule has 1 aromatic heterocycles. The number of fused-ring (bicyclic) bond motifs is 1. The van der Waals surface area contributed by atoms with Gasteiger partial charge in [0.25, 0.3) is 5.69 Å². The molecule has 2 aromatic rings. The van der Waals surface area contributed by atoms with Crippen molar-refractivity contribution in [2.24, 2.45) is 0 Å². The summed E-state index contributed by atoms with van der Waals surface area (Å²) in [6, 6.07) is 4.78. The second-order valence-corrected chi connectivity index (χ2v) is 4.59. The fraction of sp³-hybridized carbons (Fsp3) is 0.364. The highest BCUT2D eigenvalue weighted by atomic mass is 32.1. The van der Waals surface area contributed by atoms with Crippen molar-refractivity contribution in [3.05, 3.63) is 28.3 Å². The third kappa shape index (κ3) is 2.21. The molecule has 0 aliphatic heterocycles. The summed E-state index contributed by atoms with van der Waals surface area (Å²) >= 11 is 1.50. The zero-order valence-corrected chi connectivity index (χ0v) is 10.5. The van der Waals surface area contributed by atoms with Gasteiger partial charge in [-0.2, -0.15) is 0 Å². The Morgan fingerprint density at radius 3 is 2.71 bits per heavy atom. The number of hydrogen-bond acceptors (Lipinski definition) is 5. The van der Waals surface area contributed by atoms with Gasteiger partial charge in [-0.1, -0.05) is 11.3 Å². The van der Waals surface area contributed by atoms with Gasteiger partial charge in [0.2, 0.25) is 0 Å². The van der Waals surface area contributed by atoms with Gasteiger partial charge in [-0.15, -0.1) is 0 Å². The number of thiazole rings is 1. The topological polar surface area (TPSA) is 59.3 Å². The van der Waals surface area contributed by atoms with Crippen LogP contribution in [0.5, 0.6) is 0 Å². The van der Waals surface area contributed by atoms with E-state index in [0.29, 0.717) is 0 Å². The van der Waals surface area contributed by atoms with Crippen molar-refractivity contribution >= 4 is 32.4 Å². The Labute approximate surface area is 103 Å². The molecule has 0 fully saturated rings. The zero-order chi connectivity index (χ0) is 12.4. The fourth-order valence-electron chi connectivity index (χ4n) is 1.64. The standard InChI is InChI=1S/C11H13N3O2S/c1-3-13(4-2)11-12-9-6-5-8(14(15)16)7-10(9)17-11/h5-7H,3-4H2,1-2H3. The number of aromatic nitrogens is 1. The second kappa shape index (κ2) is 4.67. The Bertz CT molecular complexity index is 549. The van der Waals surface area contributed by atoms with Crippen LogP contribution in [0.4, 0.5) is 10.8 Å². The van der Waals surface area contributed by atoms with Crippen LogP contribution in [0, 0.1) is 10.1 Å². The third-order valence-electron chi connectivity index (χ3n) is 2.61. The third-order valence-corrected chi connectivity index (χ3v) is 3.68. The van der Waals surface area contributed by atoms with Gasteiger partial charge in [-0.05, 0) is 19.9 Å². The molecule has 0 radical (unpaired) electrons. The number of nitrogens with zero attached hydrogens (tertiary/aromatic N) is 3. The maximum Gasteiger partial charge on any atom is 0.270 e. The van der Waals surface area contributed by atoms with E-state index in [9.17, 15) is 10.1 Å². The number of nitro benzene ring substituents is 1. The van der Waals surface area contributed by atoms with Crippen molar-refractivity contribution in [1.82, 2.24) is 4.98 Å². The lowest BCUT2D eigenvalue weighted by Gasteiger charge is -2.16. The number of non-ortho nitro benzene ring substituents is 1. The van der Waals surface area contributed by atoms with E-state index in [2.05, 4.69) is 23.7 Å². The van der Waals surface area contributed by atoms with E-state index in [1.807, 2.05) is 0 Å². The summed E-state index contributed by atoms with van der Waals surface area (Å²) in [5, 5.41) is 11.6. The first-order chi connectivity index (χ1) is 8.15. The second-order valence-electron chi connectivity index (χ2n) is 3.58. The average Bonchev–Trinajstić information content (AvgIpc) is 2.72. The zero-order valence-electron chi connectivity index (χ0n) is 9.71. The van der Waals surface area contributed by atoms with Gasteiger partial charge in [0.1, 0.15) is 0 Å². The van der Waals surface area contributed by atoms with Crippen molar-refractivity contribution in [3.8, 4) is 0 Å². The Hall–Kier alpha value is -1.69. The molecule has 2 rings (SSSR count). The molecule has 6 heteroatoms. The van der Waals surface area contributed by atoms with Crippen LogP contribution in [0.1, 0.15) is 13.8 Å². The molecule has 90 valence electrons. The lowest BCUT2D eigenvalue weighted by Crippen LogP contribution is -2.21. The molecule has 1 aromatic carbocycles. The molecule has 0 unspecified atom stereocenters. The lowest BCUT2D eigenvalue weighted by molar-refractivity contribution is -0.384. The van der Waals surface area contributed by atoms with E-state index in [1.165, 1.54) is 17.4 Å². The van der Waals surface area contributed by atoms with Crippen LogP contribution in [0.25, 0.3) is 10.2 Å². The largest absolute Gasteiger partial charge is 0.349 e. The molecule has 0 aliphatic rings. The molecule has 5 nitrogen and oxygen atoms in total. The smallest absolute Gasteiger partial charge is 0.270 e. The van der Waals surface area contributed by atoms with Crippen LogP contribution in [0.15, 0.2) is 18.2 Å². The molecule has 0 amide bonds. The van der Waals surface area contributed by atoms with E-state index < -0.39 is 0 Å². The monoisotopic (exact) mass is 251 g/mol. The summed E-state index contributed by atoms with van der Waals surface area (Å²) in [4.78, 5) is 16.9. The molecule has 0 saturated carbocycles. The highest BCUT2D eigenvalue weighted by Gasteiger charge is 2.12. The Morgan fingerprint density at radius 2 is 2.12 bits per heavy atom. The van der Waals surface area contributed by atoms with Crippen molar-refractivity contribution in [3.63, 3.8) is 0 Å². The van der Waals surface area contributed by atoms with Gasteiger partial charge in [-0.3, -0.25) is 10.1 Å². The molecule has 0 N–H and O–H groups in total. The predicted molar refractivity (Wildman–Crippen MR) is 69.8 cm³/mol. The van der Waals surface area contributed by atoms with Crippen LogP contribution in [-0.4, -0.2) is 23.0 Å². The van der Waals surface area contributed by atoms with Crippen LogP contribution in [0.2, 0.25) is 0 Å². The molecule has 0 aliphatic carbocycles. The molecule has 0 atom stereocenters. The van der Waals surface area contributed by atoms with E-state index in [0.717, 1.165) is 28.4 Å². The molecule has 0 saturated heterocycles. The summed E-state index contributed by atoms with van der Waals surface area (Å²) in [7, 11) is 0. The van der Waals surface area contributed by atoms with E-state index in [-0.39, 0.29) is 10.6 Å². The van der Waals surface area contributed by atoms with Gasteiger partial charge in [0.05, 0.1) is 15.1 Å². The first-order valence-electron chi connectivity index (χ1n) is 5.45. The van der Waals surface area contributed by atoms with Gasteiger partial charge in [-0.25, -0.2) is 4.98 Å². The SMILES string of the molecule is CCN(CC)c1nc2ccc([N+](=O)[O-])cc2s1.